The van der Waals surface area contributed by atoms with Gasteiger partial charge in [0.2, 0.25) is 5.91 Å². The molecule has 1 aromatic carbocycles. The first-order valence-corrected chi connectivity index (χ1v) is 7.52. The summed E-state index contributed by atoms with van der Waals surface area (Å²) < 4.78 is 0. The lowest BCUT2D eigenvalue weighted by molar-refractivity contribution is -0.117. The third-order valence-corrected chi connectivity index (χ3v) is 3.93. The fraction of sp³-hybridized carbons (Fsp3) is 0.176. The van der Waals surface area contributed by atoms with Gasteiger partial charge in [-0.15, -0.1) is 0 Å². The number of hydrogen-bond acceptors (Lipinski definition) is 5. The molecule has 1 saturated heterocycles. The fourth-order valence-electron chi connectivity index (χ4n) is 2.79. The number of nitrogens with one attached hydrogen (secondary N) is 1. The number of anilines is 2. The molecule has 0 radical (unpaired) electrons. The molecule has 4 rings (SSSR count). The Balaban J connectivity index is 1.53. The first kappa shape index (κ1) is 13.6. The van der Waals surface area contributed by atoms with Crippen molar-refractivity contribution < 1.29 is 4.79 Å². The van der Waals surface area contributed by atoms with Gasteiger partial charge in [0, 0.05) is 24.6 Å². The molecule has 3 aromatic rings. The first-order valence-electron chi connectivity index (χ1n) is 7.52. The Morgan fingerprint density at radius 3 is 2.74 bits per heavy atom. The van der Waals surface area contributed by atoms with Crippen LogP contribution < -0.4 is 10.2 Å². The number of nitrogens with zero attached hydrogens (tertiary/aromatic N) is 4. The summed E-state index contributed by atoms with van der Waals surface area (Å²) in [7, 11) is 0. The van der Waals surface area contributed by atoms with Crippen molar-refractivity contribution in [2.75, 3.05) is 16.8 Å². The lowest BCUT2D eigenvalue weighted by Gasteiger charge is -2.17. The number of rotatable bonds is 3. The van der Waals surface area contributed by atoms with E-state index in [1.807, 2.05) is 42.5 Å². The smallest absolute Gasteiger partial charge is 0.249 e. The second-order valence-corrected chi connectivity index (χ2v) is 5.41. The molecule has 23 heavy (non-hydrogen) atoms. The van der Waals surface area contributed by atoms with Crippen LogP contribution in [0.15, 0.2) is 54.9 Å². The minimum absolute atomic E-state index is 0.0669. The Kier molecular flexibility index (Phi) is 3.34. The summed E-state index contributed by atoms with van der Waals surface area (Å²) in [5, 5.41) is 3.21. The van der Waals surface area contributed by atoms with Gasteiger partial charge >= 0.3 is 0 Å². The van der Waals surface area contributed by atoms with E-state index in [2.05, 4.69) is 20.3 Å². The van der Waals surface area contributed by atoms with E-state index < -0.39 is 0 Å². The van der Waals surface area contributed by atoms with Gasteiger partial charge in [-0.1, -0.05) is 18.2 Å². The number of hydrogen-bond donors (Lipinski definition) is 1. The number of fused-ring (bicyclic) bond motifs is 1. The summed E-state index contributed by atoms with van der Waals surface area (Å²) >= 11 is 0. The summed E-state index contributed by atoms with van der Waals surface area (Å²) in [6.45, 7) is 0.702. The van der Waals surface area contributed by atoms with Crippen molar-refractivity contribution in [3.05, 3.63) is 54.9 Å². The largest absolute Gasteiger partial charge is 0.358 e. The number of carbonyl (C=O) groups is 1. The maximum Gasteiger partial charge on any atom is 0.249 e. The molecule has 1 amide bonds. The predicted octanol–water partition coefficient (Wildman–Crippen LogP) is 2.24. The third-order valence-electron chi connectivity index (χ3n) is 3.93. The third kappa shape index (κ3) is 2.59. The molecule has 1 N–H and O–H groups in total. The van der Waals surface area contributed by atoms with Gasteiger partial charge in [-0.3, -0.25) is 9.78 Å². The summed E-state index contributed by atoms with van der Waals surface area (Å²) in [6.07, 6.45) is 3.99. The van der Waals surface area contributed by atoms with Crippen LogP contribution in [0.2, 0.25) is 0 Å². The highest BCUT2D eigenvalue weighted by molar-refractivity contribution is 6.00. The zero-order valence-corrected chi connectivity index (χ0v) is 12.4. The molecule has 0 bridgehead atoms. The van der Waals surface area contributed by atoms with E-state index in [1.165, 1.54) is 0 Å². The van der Waals surface area contributed by atoms with E-state index >= 15 is 0 Å². The fourth-order valence-corrected chi connectivity index (χ4v) is 2.79. The van der Waals surface area contributed by atoms with Gasteiger partial charge in [0.15, 0.2) is 5.65 Å². The summed E-state index contributed by atoms with van der Waals surface area (Å²) in [4.78, 5) is 27.2. The summed E-state index contributed by atoms with van der Waals surface area (Å²) in [5.41, 5.74) is 2.24. The van der Waals surface area contributed by atoms with Crippen LogP contribution in [0, 0.1) is 0 Å². The van der Waals surface area contributed by atoms with E-state index in [4.69, 9.17) is 0 Å². The van der Waals surface area contributed by atoms with Crippen LogP contribution in [0.5, 0.6) is 0 Å². The van der Waals surface area contributed by atoms with Gasteiger partial charge in [-0.25, -0.2) is 9.97 Å². The Morgan fingerprint density at radius 1 is 1.04 bits per heavy atom. The second-order valence-electron chi connectivity index (χ2n) is 5.41. The van der Waals surface area contributed by atoms with Crippen LogP contribution in [0.1, 0.15) is 6.42 Å². The molecule has 1 aliphatic heterocycles. The molecule has 1 fully saturated rings. The van der Waals surface area contributed by atoms with Crippen molar-refractivity contribution >= 4 is 28.6 Å². The van der Waals surface area contributed by atoms with E-state index in [-0.39, 0.29) is 11.9 Å². The molecule has 0 unspecified atom stereocenters. The zero-order chi connectivity index (χ0) is 15.6. The number of carbonyl (C=O) groups excluding carboxylic acids is 1. The molecule has 1 atom stereocenters. The van der Waals surface area contributed by atoms with Gasteiger partial charge in [0.1, 0.15) is 17.4 Å². The molecule has 0 spiro atoms. The Labute approximate surface area is 133 Å². The average Bonchev–Trinajstić information content (AvgIpc) is 2.96. The van der Waals surface area contributed by atoms with Gasteiger partial charge < -0.3 is 10.2 Å². The van der Waals surface area contributed by atoms with E-state index in [0.717, 1.165) is 17.6 Å². The van der Waals surface area contributed by atoms with E-state index in [0.29, 0.717) is 18.0 Å². The quantitative estimate of drug-likeness (QED) is 0.803. The van der Waals surface area contributed by atoms with Gasteiger partial charge in [0.05, 0.1) is 0 Å². The molecular weight excluding hydrogens is 290 g/mol. The van der Waals surface area contributed by atoms with Crippen molar-refractivity contribution in [2.24, 2.45) is 0 Å². The topological polar surface area (TPSA) is 71.0 Å². The maximum absolute atomic E-state index is 12.6. The van der Waals surface area contributed by atoms with Crippen molar-refractivity contribution in [3.63, 3.8) is 0 Å². The van der Waals surface area contributed by atoms with E-state index in [1.54, 1.807) is 17.3 Å². The molecular formula is C17H15N5O. The molecule has 3 heterocycles. The standard InChI is InChI=1S/C17H15N5O/c23-17-14(8-11-22(17)12-4-2-1-3-5-12)20-15-7-6-13-16(21-15)19-10-9-18-13/h1-7,9-10,14H,8,11H2,(H,19,20,21)/t14-/m0/s1. The van der Waals surface area contributed by atoms with Gasteiger partial charge in [-0.05, 0) is 30.7 Å². The molecule has 0 aliphatic carbocycles. The number of amides is 1. The van der Waals surface area contributed by atoms with Crippen LogP contribution in [-0.4, -0.2) is 33.4 Å². The number of pyridine rings is 1. The summed E-state index contributed by atoms with van der Waals surface area (Å²) in [5.74, 6) is 0.712. The zero-order valence-electron chi connectivity index (χ0n) is 12.4. The SMILES string of the molecule is O=C1[C@@H](Nc2ccc3nccnc3n2)CCN1c1ccccc1. The van der Waals surface area contributed by atoms with Crippen molar-refractivity contribution in [1.82, 2.24) is 15.0 Å². The molecule has 0 saturated carbocycles. The van der Waals surface area contributed by atoms with Crippen LogP contribution in [-0.2, 0) is 4.79 Å². The maximum atomic E-state index is 12.6. The number of para-hydroxylation sites is 1. The van der Waals surface area contributed by atoms with Crippen LogP contribution in [0.25, 0.3) is 11.2 Å². The average molecular weight is 305 g/mol. The van der Waals surface area contributed by atoms with E-state index in [9.17, 15) is 4.79 Å². The summed E-state index contributed by atoms with van der Waals surface area (Å²) in [6, 6.07) is 13.1. The molecule has 2 aromatic heterocycles. The number of benzene rings is 1. The normalized spacial score (nSPS) is 17.7. The Hall–Kier alpha value is -3.02. The van der Waals surface area contributed by atoms with Gasteiger partial charge in [-0.2, -0.15) is 0 Å². The van der Waals surface area contributed by atoms with Crippen LogP contribution in [0.3, 0.4) is 0 Å². The lowest BCUT2D eigenvalue weighted by Crippen LogP contribution is -2.33. The molecule has 1 aliphatic rings. The van der Waals surface area contributed by atoms with Crippen LogP contribution >= 0.6 is 0 Å². The van der Waals surface area contributed by atoms with Crippen LogP contribution in [0.4, 0.5) is 11.5 Å². The Bertz CT molecular complexity index is 852. The minimum atomic E-state index is -0.267. The predicted molar refractivity (Wildman–Crippen MR) is 88.2 cm³/mol. The highest BCUT2D eigenvalue weighted by Gasteiger charge is 2.32. The van der Waals surface area contributed by atoms with Crippen molar-refractivity contribution in [2.45, 2.75) is 12.5 Å². The molecule has 6 nitrogen and oxygen atoms in total. The minimum Gasteiger partial charge on any atom is -0.358 e. The van der Waals surface area contributed by atoms with Crippen molar-refractivity contribution in [3.8, 4) is 0 Å². The lowest BCUT2D eigenvalue weighted by atomic mass is 10.2. The van der Waals surface area contributed by atoms with Gasteiger partial charge in [0.25, 0.3) is 0 Å². The molecule has 6 heteroatoms. The second kappa shape index (κ2) is 5.64. The first-order chi connectivity index (χ1) is 11.3. The monoisotopic (exact) mass is 305 g/mol. The molecule has 114 valence electrons. The number of aromatic nitrogens is 3. The van der Waals surface area contributed by atoms with Crippen molar-refractivity contribution in [1.29, 1.82) is 0 Å². The highest BCUT2D eigenvalue weighted by atomic mass is 16.2. The highest BCUT2D eigenvalue weighted by Crippen LogP contribution is 2.23. The Morgan fingerprint density at radius 2 is 1.87 bits per heavy atom.